The molecule has 62 valence electrons. The third-order valence-electron chi connectivity index (χ3n) is 2.25. The Morgan fingerprint density at radius 1 is 1.55 bits per heavy atom. The van der Waals surface area contributed by atoms with Crippen LogP contribution in [0.15, 0.2) is 12.2 Å². The van der Waals surface area contributed by atoms with Gasteiger partial charge < -0.3 is 0 Å². The van der Waals surface area contributed by atoms with Gasteiger partial charge in [0.2, 0.25) is 0 Å². The molecule has 1 aliphatic carbocycles. The van der Waals surface area contributed by atoms with Crippen LogP contribution in [-0.4, -0.2) is 5.78 Å². The van der Waals surface area contributed by atoms with Crippen LogP contribution >= 0.6 is 0 Å². The average molecular weight is 152 g/mol. The summed E-state index contributed by atoms with van der Waals surface area (Å²) in [5.41, 5.74) is 0. The minimum Gasteiger partial charge on any atom is -0.295 e. The first kappa shape index (κ1) is 8.51. The minimum absolute atomic E-state index is 0.316. The van der Waals surface area contributed by atoms with Gasteiger partial charge >= 0.3 is 0 Å². The molecule has 0 aromatic heterocycles. The van der Waals surface area contributed by atoms with Crippen LogP contribution in [0.5, 0.6) is 0 Å². The van der Waals surface area contributed by atoms with Gasteiger partial charge in [-0.2, -0.15) is 0 Å². The van der Waals surface area contributed by atoms with Gasteiger partial charge in [0.25, 0.3) is 0 Å². The molecular weight excluding hydrogens is 136 g/mol. The van der Waals surface area contributed by atoms with Gasteiger partial charge in [0, 0.05) is 6.42 Å². The lowest BCUT2D eigenvalue weighted by Crippen LogP contribution is -2.14. The molecule has 0 bridgehead atoms. The highest BCUT2D eigenvalue weighted by atomic mass is 16.1. The molecule has 0 amide bonds. The maximum atomic E-state index is 11.1. The molecule has 1 nitrogen and oxygen atoms in total. The Hall–Kier alpha value is -0.590. The number of allylic oxidation sites excluding steroid dienone is 2. The average Bonchev–Trinajstić information content (AvgIpc) is 1.93. The van der Waals surface area contributed by atoms with Gasteiger partial charge in [-0.25, -0.2) is 0 Å². The Morgan fingerprint density at radius 3 is 2.73 bits per heavy atom. The molecule has 0 unspecified atom stereocenters. The van der Waals surface area contributed by atoms with E-state index >= 15 is 0 Å². The lowest BCUT2D eigenvalue weighted by Gasteiger charge is -2.23. The first-order valence-electron chi connectivity index (χ1n) is 4.52. The van der Waals surface area contributed by atoms with Crippen LogP contribution in [0.1, 0.15) is 39.0 Å². The molecule has 0 aromatic carbocycles. The van der Waals surface area contributed by atoms with E-state index in [1.54, 1.807) is 6.08 Å². The standard InChI is InChI=1S/C10H16O/c1-2-3-7-10(11)8-9-5-4-6-9/h3,7,9H,2,4-6,8H2,1H3/b7-3+. The fourth-order valence-electron chi connectivity index (χ4n) is 1.30. The molecule has 1 saturated carbocycles. The van der Waals surface area contributed by atoms with Crippen LogP contribution in [0.4, 0.5) is 0 Å². The van der Waals surface area contributed by atoms with E-state index in [2.05, 4.69) is 0 Å². The van der Waals surface area contributed by atoms with E-state index in [0.29, 0.717) is 11.7 Å². The monoisotopic (exact) mass is 152 g/mol. The number of hydrogen-bond donors (Lipinski definition) is 0. The van der Waals surface area contributed by atoms with E-state index in [9.17, 15) is 4.79 Å². The molecule has 1 aliphatic rings. The minimum atomic E-state index is 0.316. The van der Waals surface area contributed by atoms with Gasteiger partial charge in [-0.3, -0.25) is 4.79 Å². The van der Waals surface area contributed by atoms with Crippen LogP contribution in [0.2, 0.25) is 0 Å². The number of hydrogen-bond acceptors (Lipinski definition) is 1. The van der Waals surface area contributed by atoms with Crippen molar-refractivity contribution >= 4 is 5.78 Å². The molecule has 1 rings (SSSR count). The zero-order valence-corrected chi connectivity index (χ0v) is 7.18. The first-order chi connectivity index (χ1) is 5.33. The highest BCUT2D eigenvalue weighted by Gasteiger charge is 2.18. The summed E-state index contributed by atoms with van der Waals surface area (Å²) >= 11 is 0. The summed E-state index contributed by atoms with van der Waals surface area (Å²) in [6.45, 7) is 2.05. The summed E-state index contributed by atoms with van der Waals surface area (Å²) in [5, 5.41) is 0. The SMILES string of the molecule is CC/C=C/C(=O)CC1CCC1. The molecule has 11 heavy (non-hydrogen) atoms. The van der Waals surface area contributed by atoms with E-state index in [1.807, 2.05) is 13.0 Å². The zero-order valence-electron chi connectivity index (χ0n) is 7.18. The molecule has 0 atom stereocenters. The van der Waals surface area contributed by atoms with Gasteiger partial charge in [0.15, 0.2) is 5.78 Å². The molecule has 0 spiro atoms. The van der Waals surface area contributed by atoms with E-state index in [0.717, 1.165) is 12.8 Å². The number of rotatable bonds is 4. The van der Waals surface area contributed by atoms with E-state index in [1.165, 1.54) is 19.3 Å². The molecule has 0 N–H and O–H groups in total. The maximum absolute atomic E-state index is 11.1. The maximum Gasteiger partial charge on any atom is 0.155 e. The Labute approximate surface area is 68.5 Å². The first-order valence-corrected chi connectivity index (χ1v) is 4.52. The lowest BCUT2D eigenvalue weighted by atomic mass is 9.82. The third-order valence-corrected chi connectivity index (χ3v) is 2.25. The second-order valence-corrected chi connectivity index (χ2v) is 3.28. The van der Waals surface area contributed by atoms with Crippen molar-refractivity contribution in [2.24, 2.45) is 5.92 Å². The second-order valence-electron chi connectivity index (χ2n) is 3.28. The van der Waals surface area contributed by atoms with Crippen molar-refractivity contribution < 1.29 is 4.79 Å². The van der Waals surface area contributed by atoms with Gasteiger partial charge in [-0.05, 0) is 18.4 Å². The predicted octanol–water partition coefficient (Wildman–Crippen LogP) is 2.71. The lowest BCUT2D eigenvalue weighted by molar-refractivity contribution is -0.116. The van der Waals surface area contributed by atoms with Gasteiger partial charge in [-0.15, -0.1) is 0 Å². The molecule has 1 fully saturated rings. The number of carbonyl (C=O) groups is 1. The summed E-state index contributed by atoms with van der Waals surface area (Å²) in [5.74, 6) is 1.03. The fraction of sp³-hybridized carbons (Fsp3) is 0.700. The molecule has 1 heteroatoms. The van der Waals surface area contributed by atoms with Crippen molar-refractivity contribution in [1.82, 2.24) is 0 Å². The summed E-state index contributed by atoms with van der Waals surface area (Å²) in [7, 11) is 0. The normalized spacial score (nSPS) is 18.6. The summed E-state index contributed by atoms with van der Waals surface area (Å²) in [6.07, 6.45) is 9.30. The predicted molar refractivity (Wildman–Crippen MR) is 46.4 cm³/mol. The van der Waals surface area contributed by atoms with Crippen molar-refractivity contribution in [1.29, 1.82) is 0 Å². The van der Waals surface area contributed by atoms with Gasteiger partial charge in [-0.1, -0.05) is 32.3 Å². The third kappa shape index (κ3) is 2.87. The van der Waals surface area contributed by atoms with Crippen LogP contribution in [0.3, 0.4) is 0 Å². The van der Waals surface area contributed by atoms with E-state index in [-0.39, 0.29) is 0 Å². The molecule has 0 aromatic rings. The smallest absolute Gasteiger partial charge is 0.155 e. The van der Waals surface area contributed by atoms with Crippen molar-refractivity contribution in [3.63, 3.8) is 0 Å². The molecule has 0 radical (unpaired) electrons. The van der Waals surface area contributed by atoms with Gasteiger partial charge in [0.05, 0.1) is 0 Å². The largest absolute Gasteiger partial charge is 0.295 e. The highest BCUT2D eigenvalue weighted by Crippen LogP contribution is 2.29. The summed E-state index contributed by atoms with van der Waals surface area (Å²) in [6, 6.07) is 0. The van der Waals surface area contributed by atoms with E-state index < -0.39 is 0 Å². The topological polar surface area (TPSA) is 17.1 Å². The zero-order chi connectivity index (χ0) is 8.10. The van der Waals surface area contributed by atoms with Crippen LogP contribution in [0.25, 0.3) is 0 Å². The summed E-state index contributed by atoms with van der Waals surface area (Å²) < 4.78 is 0. The van der Waals surface area contributed by atoms with Crippen LogP contribution in [0, 0.1) is 5.92 Å². The quantitative estimate of drug-likeness (QED) is 0.566. The number of carbonyl (C=O) groups excluding carboxylic acids is 1. The Morgan fingerprint density at radius 2 is 2.27 bits per heavy atom. The van der Waals surface area contributed by atoms with Gasteiger partial charge in [0.1, 0.15) is 0 Å². The van der Waals surface area contributed by atoms with Crippen LogP contribution < -0.4 is 0 Å². The Bertz CT molecular complexity index is 154. The Kier molecular flexibility index (Phi) is 3.34. The van der Waals surface area contributed by atoms with Crippen LogP contribution in [-0.2, 0) is 4.79 Å². The molecule has 0 aliphatic heterocycles. The number of ketones is 1. The van der Waals surface area contributed by atoms with Crippen molar-refractivity contribution in [2.45, 2.75) is 39.0 Å². The van der Waals surface area contributed by atoms with Crippen molar-refractivity contribution in [2.75, 3.05) is 0 Å². The molecular formula is C10H16O. The highest BCUT2D eigenvalue weighted by molar-refractivity contribution is 5.89. The van der Waals surface area contributed by atoms with E-state index in [4.69, 9.17) is 0 Å². The van der Waals surface area contributed by atoms with Crippen molar-refractivity contribution in [3.05, 3.63) is 12.2 Å². The Balaban J connectivity index is 2.14. The fourth-order valence-corrected chi connectivity index (χ4v) is 1.30. The molecule has 0 saturated heterocycles. The molecule has 0 heterocycles. The van der Waals surface area contributed by atoms with Crippen molar-refractivity contribution in [3.8, 4) is 0 Å². The second kappa shape index (κ2) is 4.32. The summed E-state index contributed by atoms with van der Waals surface area (Å²) in [4.78, 5) is 11.1.